The summed E-state index contributed by atoms with van der Waals surface area (Å²) in [5.41, 5.74) is 8.51. The number of nitrogens with two attached hydrogens (primary N) is 1. The van der Waals surface area contributed by atoms with E-state index in [0.29, 0.717) is 11.4 Å². The van der Waals surface area contributed by atoms with Crippen molar-refractivity contribution in [2.45, 2.75) is 11.8 Å². The molecule has 6 heteroatoms. The highest BCUT2D eigenvalue weighted by molar-refractivity contribution is 7.92. The molecule has 2 aromatic rings. The van der Waals surface area contributed by atoms with E-state index in [9.17, 15) is 8.42 Å². The maximum Gasteiger partial charge on any atom is 0.261 e. The third kappa shape index (κ3) is 3.46. The molecule has 3 N–H and O–H groups in total. The van der Waals surface area contributed by atoms with Gasteiger partial charge in [-0.15, -0.1) is 0 Å². The Labute approximate surface area is 125 Å². The van der Waals surface area contributed by atoms with E-state index in [4.69, 9.17) is 5.73 Å². The molecule has 0 bridgehead atoms. The van der Waals surface area contributed by atoms with Gasteiger partial charge < -0.3 is 10.6 Å². The van der Waals surface area contributed by atoms with Crippen molar-refractivity contribution in [2.75, 3.05) is 29.5 Å². The maximum absolute atomic E-state index is 12.4. The zero-order valence-electron chi connectivity index (χ0n) is 12.3. The molecule has 0 aliphatic carbocycles. The molecule has 0 aliphatic heterocycles. The Morgan fingerprint density at radius 1 is 1.10 bits per heavy atom. The van der Waals surface area contributed by atoms with Gasteiger partial charge in [-0.1, -0.05) is 12.1 Å². The molecule has 0 heterocycles. The van der Waals surface area contributed by atoms with Gasteiger partial charge in [0.1, 0.15) is 0 Å². The van der Waals surface area contributed by atoms with Gasteiger partial charge in [0.05, 0.1) is 10.6 Å². The second-order valence-corrected chi connectivity index (χ2v) is 6.75. The van der Waals surface area contributed by atoms with E-state index in [-0.39, 0.29) is 4.90 Å². The van der Waals surface area contributed by atoms with Crippen molar-refractivity contribution in [3.63, 3.8) is 0 Å². The van der Waals surface area contributed by atoms with E-state index in [0.717, 1.165) is 11.3 Å². The van der Waals surface area contributed by atoms with E-state index < -0.39 is 10.0 Å². The van der Waals surface area contributed by atoms with Crippen LogP contribution >= 0.6 is 0 Å². The lowest BCUT2D eigenvalue weighted by Gasteiger charge is -2.15. The number of nitrogen functional groups attached to an aromatic ring is 1. The number of sulfonamides is 1. The smallest absolute Gasteiger partial charge is 0.261 e. The Hall–Kier alpha value is -2.21. The highest BCUT2D eigenvalue weighted by Gasteiger charge is 2.15. The molecule has 112 valence electrons. The van der Waals surface area contributed by atoms with Gasteiger partial charge in [-0.2, -0.15) is 0 Å². The molecular formula is C15H19N3O2S. The summed E-state index contributed by atoms with van der Waals surface area (Å²) in [6.07, 6.45) is 0. The van der Waals surface area contributed by atoms with E-state index in [1.807, 2.05) is 32.0 Å². The fourth-order valence-electron chi connectivity index (χ4n) is 1.85. The molecule has 0 atom stereocenters. The summed E-state index contributed by atoms with van der Waals surface area (Å²) in [6.45, 7) is 1.83. The van der Waals surface area contributed by atoms with Gasteiger partial charge in [0.2, 0.25) is 0 Å². The van der Waals surface area contributed by atoms with Crippen LogP contribution in [-0.4, -0.2) is 22.5 Å². The lowest BCUT2D eigenvalue weighted by atomic mass is 10.2. The van der Waals surface area contributed by atoms with E-state index in [2.05, 4.69) is 4.72 Å². The van der Waals surface area contributed by atoms with Gasteiger partial charge in [-0.3, -0.25) is 4.72 Å². The van der Waals surface area contributed by atoms with Crippen LogP contribution in [0.2, 0.25) is 0 Å². The van der Waals surface area contributed by atoms with Gasteiger partial charge in [0.15, 0.2) is 0 Å². The van der Waals surface area contributed by atoms with Crippen LogP contribution in [0.25, 0.3) is 0 Å². The molecule has 0 saturated carbocycles. The van der Waals surface area contributed by atoms with Crippen LogP contribution in [0.15, 0.2) is 47.4 Å². The van der Waals surface area contributed by atoms with Crippen LogP contribution in [-0.2, 0) is 10.0 Å². The Bertz CT molecular complexity index is 755. The molecule has 0 amide bonds. The molecule has 21 heavy (non-hydrogen) atoms. The largest absolute Gasteiger partial charge is 0.398 e. The zero-order chi connectivity index (χ0) is 15.6. The summed E-state index contributed by atoms with van der Waals surface area (Å²) in [6, 6.07) is 11.9. The molecule has 0 fully saturated rings. The number of nitrogens with one attached hydrogen (secondary N) is 1. The monoisotopic (exact) mass is 305 g/mol. The molecule has 0 radical (unpaired) electrons. The van der Waals surface area contributed by atoms with E-state index >= 15 is 0 Å². The normalized spacial score (nSPS) is 11.2. The van der Waals surface area contributed by atoms with Gasteiger partial charge in [-0.05, 0) is 42.8 Å². The van der Waals surface area contributed by atoms with Gasteiger partial charge in [0, 0.05) is 25.5 Å². The Kier molecular flexibility index (Phi) is 4.09. The maximum atomic E-state index is 12.4. The van der Waals surface area contributed by atoms with Crippen LogP contribution < -0.4 is 15.4 Å². The minimum Gasteiger partial charge on any atom is -0.398 e. The van der Waals surface area contributed by atoms with Crippen LogP contribution in [0.3, 0.4) is 0 Å². The number of nitrogens with zero attached hydrogens (tertiary/aromatic N) is 1. The molecule has 0 aliphatic rings. The van der Waals surface area contributed by atoms with Crippen LogP contribution in [0.5, 0.6) is 0 Å². The van der Waals surface area contributed by atoms with Crippen molar-refractivity contribution < 1.29 is 8.42 Å². The SMILES string of the molecule is Cc1ccc(S(=O)(=O)Nc2cccc(N(C)C)c2)cc1N. The van der Waals surface area contributed by atoms with E-state index in [1.54, 1.807) is 30.3 Å². The van der Waals surface area contributed by atoms with Crippen molar-refractivity contribution in [1.82, 2.24) is 0 Å². The average Bonchev–Trinajstić information content (AvgIpc) is 2.41. The Balaban J connectivity index is 2.33. The molecule has 2 rings (SSSR count). The number of aryl methyl sites for hydroxylation is 1. The number of anilines is 3. The second kappa shape index (κ2) is 5.65. The van der Waals surface area contributed by atoms with Crippen molar-refractivity contribution in [3.05, 3.63) is 48.0 Å². The molecule has 0 spiro atoms. The fraction of sp³-hybridized carbons (Fsp3) is 0.200. The van der Waals surface area contributed by atoms with Crippen LogP contribution in [0.1, 0.15) is 5.56 Å². The molecular weight excluding hydrogens is 286 g/mol. The van der Waals surface area contributed by atoms with Gasteiger partial charge in [-0.25, -0.2) is 8.42 Å². The molecule has 0 saturated heterocycles. The van der Waals surface area contributed by atoms with Crippen molar-refractivity contribution >= 4 is 27.1 Å². The fourth-order valence-corrected chi connectivity index (χ4v) is 2.93. The zero-order valence-corrected chi connectivity index (χ0v) is 13.1. The number of benzene rings is 2. The van der Waals surface area contributed by atoms with Crippen molar-refractivity contribution in [2.24, 2.45) is 0 Å². The number of hydrogen-bond acceptors (Lipinski definition) is 4. The summed E-state index contributed by atoms with van der Waals surface area (Å²) in [4.78, 5) is 2.06. The highest BCUT2D eigenvalue weighted by Crippen LogP contribution is 2.22. The standard InChI is InChI=1S/C15H19N3O2S/c1-11-7-8-14(10-15(11)16)21(19,20)17-12-5-4-6-13(9-12)18(2)3/h4-10,17H,16H2,1-3H3. The lowest BCUT2D eigenvalue weighted by molar-refractivity contribution is 0.601. The van der Waals surface area contributed by atoms with Crippen molar-refractivity contribution in [3.8, 4) is 0 Å². The molecule has 0 unspecified atom stereocenters. The summed E-state index contributed by atoms with van der Waals surface area (Å²) in [7, 11) is 0.151. The summed E-state index contributed by atoms with van der Waals surface area (Å²) < 4.78 is 27.3. The molecule has 0 aromatic heterocycles. The quantitative estimate of drug-likeness (QED) is 0.851. The summed E-state index contributed by atoms with van der Waals surface area (Å²) in [5.74, 6) is 0. The van der Waals surface area contributed by atoms with Gasteiger partial charge >= 0.3 is 0 Å². The Morgan fingerprint density at radius 3 is 2.43 bits per heavy atom. The van der Waals surface area contributed by atoms with Gasteiger partial charge in [0.25, 0.3) is 10.0 Å². The van der Waals surface area contributed by atoms with E-state index in [1.165, 1.54) is 6.07 Å². The first-order chi connectivity index (χ1) is 9.79. The molecule has 5 nitrogen and oxygen atoms in total. The number of hydrogen-bond donors (Lipinski definition) is 2. The summed E-state index contributed by atoms with van der Waals surface area (Å²) in [5, 5.41) is 0. The minimum absolute atomic E-state index is 0.154. The van der Waals surface area contributed by atoms with Crippen LogP contribution in [0, 0.1) is 6.92 Å². The second-order valence-electron chi connectivity index (χ2n) is 5.07. The third-order valence-electron chi connectivity index (χ3n) is 3.18. The summed E-state index contributed by atoms with van der Waals surface area (Å²) >= 11 is 0. The lowest BCUT2D eigenvalue weighted by Crippen LogP contribution is -2.14. The van der Waals surface area contributed by atoms with Crippen LogP contribution in [0.4, 0.5) is 17.1 Å². The first-order valence-corrected chi connectivity index (χ1v) is 7.94. The minimum atomic E-state index is -3.64. The first-order valence-electron chi connectivity index (χ1n) is 6.46. The first kappa shape index (κ1) is 15.2. The topological polar surface area (TPSA) is 75.4 Å². The third-order valence-corrected chi connectivity index (χ3v) is 4.55. The average molecular weight is 305 g/mol. The Morgan fingerprint density at radius 2 is 1.81 bits per heavy atom. The predicted octanol–water partition coefficient (Wildman–Crippen LogP) is 2.44. The number of rotatable bonds is 4. The van der Waals surface area contributed by atoms with Crippen molar-refractivity contribution in [1.29, 1.82) is 0 Å². The highest BCUT2D eigenvalue weighted by atomic mass is 32.2. The molecule has 2 aromatic carbocycles. The predicted molar refractivity (Wildman–Crippen MR) is 87.2 cm³/mol.